The minimum absolute atomic E-state index is 0.0890. The summed E-state index contributed by atoms with van der Waals surface area (Å²) in [6.07, 6.45) is 19.7. The second-order valence-corrected chi connectivity index (χ2v) is 31.0. The Morgan fingerprint density at radius 2 is 0.830 bits per heavy atom. The Hall–Kier alpha value is -7.39. The van der Waals surface area contributed by atoms with Crippen LogP contribution in [0.15, 0.2) is 176 Å². The van der Waals surface area contributed by atoms with E-state index in [1.807, 2.05) is 71.7 Å². The van der Waals surface area contributed by atoms with Crippen LogP contribution in [0.4, 0.5) is 34.6 Å². The highest BCUT2D eigenvalue weighted by Gasteiger charge is 2.50. The van der Waals surface area contributed by atoms with Crippen LogP contribution in [0, 0.1) is 23.3 Å². The SMILES string of the molecule is O=C(c1cc(Cl)nc(Cl)c1)N1CC2(CCN(C/C=C/c3ccc(Cl)c(F)c3)CC2)c2cc(Cl)ccc21.O=C(c1ccnc(Cl)c1)N1CC2(CCN(C/C=C/c3c(F)cccc3Cl)CC2)c2cc(F)ccc21.O=C(c1ccnc(Cl)c1)N1CC2(CCN(C/C=C/c3cc(F)cc(Cl)c3)CC2)c2cc(Cl)ccc21. The molecule has 3 saturated heterocycles. The van der Waals surface area contributed by atoms with Gasteiger partial charge in [0.2, 0.25) is 0 Å². The fourth-order valence-electron chi connectivity index (χ4n) is 15.3. The van der Waals surface area contributed by atoms with Gasteiger partial charge in [-0.05, 0) is 239 Å². The molecule has 9 aromatic rings. The van der Waals surface area contributed by atoms with Gasteiger partial charge in [0, 0.05) is 122 Å². The average molecular weight is 1610 g/mol. The molecular weight excluding hydrogens is 1540 g/mol. The number of piperidine rings is 3. The van der Waals surface area contributed by atoms with Crippen LogP contribution in [0.2, 0.25) is 45.7 Å². The molecule has 15 rings (SSSR count). The fourth-order valence-corrected chi connectivity index (χ4v) is 17.0. The molecule has 25 heteroatoms. The third kappa shape index (κ3) is 17.4. The number of likely N-dealkylation sites (tertiary alicyclic amines) is 3. The number of nitrogens with zero attached hydrogens (tertiary/aromatic N) is 9. The lowest BCUT2D eigenvalue weighted by Crippen LogP contribution is -2.46. The molecule has 0 unspecified atom stereocenters. The molecule has 6 aliphatic rings. The van der Waals surface area contributed by atoms with Crippen LogP contribution >= 0.6 is 104 Å². The van der Waals surface area contributed by atoms with Gasteiger partial charge in [0.15, 0.2) is 0 Å². The van der Waals surface area contributed by atoms with Crippen molar-refractivity contribution in [1.82, 2.24) is 29.7 Å². The Labute approximate surface area is 657 Å². The molecule has 0 saturated carbocycles. The maximum absolute atomic E-state index is 14.3. The number of benzene rings is 6. The van der Waals surface area contributed by atoms with Gasteiger partial charge in [0.05, 0.1) is 10.0 Å². The van der Waals surface area contributed by atoms with Gasteiger partial charge in [0.25, 0.3) is 17.7 Å². The number of fused-ring (bicyclic) bond motifs is 6. The maximum atomic E-state index is 14.3. The van der Waals surface area contributed by atoms with Crippen molar-refractivity contribution in [3.63, 3.8) is 0 Å². The van der Waals surface area contributed by atoms with E-state index in [1.54, 1.807) is 88.8 Å². The number of hydrogen-bond donors (Lipinski definition) is 0. The van der Waals surface area contributed by atoms with Gasteiger partial charge in [-0.25, -0.2) is 32.5 Å². The summed E-state index contributed by atoms with van der Waals surface area (Å²) in [5.41, 5.74) is 8.23. The lowest BCUT2D eigenvalue weighted by atomic mass is 9.74. The first-order valence-electron chi connectivity index (χ1n) is 34.4. The fraction of sp³-hybridized carbons (Fsp3) is 0.259. The number of aromatic nitrogens is 3. The van der Waals surface area contributed by atoms with E-state index in [2.05, 4.69) is 29.7 Å². The van der Waals surface area contributed by atoms with Gasteiger partial charge in [-0.3, -0.25) is 29.1 Å². The van der Waals surface area contributed by atoms with Gasteiger partial charge < -0.3 is 14.7 Å². The molecule has 0 atom stereocenters. The van der Waals surface area contributed by atoms with Crippen LogP contribution in [0.1, 0.15) is 103 Å². The maximum Gasteiger partial charge on any atom is 0.258 e. The zero-order valence-electron chi connectivity index (χ0n) is 56.9. The van der Waals surface area contributed by atoms with Crippen molar-refractivity contribution in [2.24, 2.45) is 0 Å². The van der Waals surface area contributed by atoms with E-state index in [0.29, 0.717) is 73.7 Å². The Morgan fingerprint density at radius 1 is 0.387 bits per heavy atom. The van der Waals surface area contributed by atoms with Gasteiger partial charge in [-0.1, -0.05) is 153 Å². The minimum atomic E-state index is -0.423. The van der Waals surface area contributed by atoms with E-state index >= 15 is 0 Å². The molecule has 0 aliphatic carbocycles. The quantitative estimate of drug-likeness (QED) is 0.0872. The van der Waals surface area contributed by atoms with Gasteiger partial charge in [-0.15, -0.1) is 0 Å². The zero-order valence-corrected chi connectivity index (χ0v) is 63.7. The van der Waals surface area contributed by atoms with E-state index < -0.39 is 5.82 Å². The number of halogens is 13. The average Bonchev–Trinajstić information content (AvgIpc) is 1.60. The van der Waals surface area contributed by atoms with Crippen molar-refractivity contribution in [2.75, 3.05) is 93.2 Å². The Morgan fingerprint density at radius 3 is 1.29 bits per heavy atom. The molecule has 12 nitrogen and oxygen atoms in total. The lowest BCUT2D eigenvalue weighted by Gasteiger charge is -2.39. The van der Waals surface area contributed by atoms with Crippen molar-refractivity contribution in [3.8, 4) is 0 Å². The van der Waals surface area contributed by atoms with Crippen LogP contribution in [0.3, 0.4) is 0 Å². The monoisotopic (exact) mass is 1610 g/mol. The molecule has 0 N–H and O–H groups in total. The smallest absolute Gasteiger partial charge is 0.258 e. The van der Waals surface area contributed by atoms with E-state index in [0.717, 1.165) is 136 Å². The summed E-state index contributed by atoms with van der Waals surface area (Å²) in [4.78, 5) is 64.5. The molecule has 0 bridgehead atoms. The Balaban J connectivity index is 0.000000141. The molecule has 3 amide bonds. The first kappa shape index (κ1) is 76.8. The molecule has 546 valence electrons. The van der Waals surface area contributed by atoms with Crippen molar-refractivity contribution in [1.29, 1.82) is 0 Å². The predicted molar refractivity (Wildman–Crippen MR) is 420 cm³/mol. The van der Waals surface area contributed by atoms with E-state index in [1.165, 1.54) is 48.7 Å². The Bertz CT molecular complexity index is 4870. The molecule has 0 radical (unpaired) electrons. The summed E-state index contributed by atoms with van der Waals surface area (Å²) in [5, 5.41) is 3.11. The second kappa shape index (κ2) is 33.2. The van der Waals surface area contributed by atoms with Gasteiger partial charge in [-0.2, -0.15) is 0 Å². The zero-order chi connectivity index (χ0) is 74.6. The van der Waals surface area contributed by atoms with Crippen LogP contribution in [-0.2, 0) is 16.2 Å². The van der Waals surface area contributed by atoms with Crippen molar-refractivity contribution < 1.29 is 31.9 Å². The first-order chi connectivity index (χ1) is 50.9. The number of amides is 3. The molecule has 106 heavy (non-hydrogen) atoms. The van der Waals surface area contributed by atoms with Crippen molar-refractivity contribution in [2.45, 2.75) is 54.8 Å². The van der Waals surface area contributed by atoms with Crippen LogP contribution in [-0.4, -0.2) is 126 Å². The number of carbonyl (C=O) groups is 3. The number of anilines is 3. The predicted octanol–water partition coefficient (Wildman–Crippen LogP) is 20.8. The van der Waals surface area contributed by atoms with Gasteiger partial charge in [0.1, 0.15) is 43.9 Å². The van der Waals surface area contributed by atoms with Crippen LogP contribution < -0.4 is 14.7 Å². The minimum Gasteiger partial charge on any atom is -0.307 e. The van der Waals surface area contributed by atoms with Gasteiger partial charge >= 0.3 is 0 Å². The Kier molecular flexibility index (Phi) is 24.1. The third-order valence-electron chi connectivity index (χ3n) is 20.8. The largest absolute Gasteiger partial charge is 0.307 e. The second-order valence-electron chi connectivity index (χ2n) is 27.4. The number of hydrogen-bond acceptors (Lipinski definition) is 9. The van der Waals surface area contributed by atoms with E-state index in [-0.39, 0.29) is 71.9 Å². The molecule has 6 aromatic carbocycles. The highest BCUT2D eigenvalue weighted by atomic mass is 35.5. The molecule has 3 spiro atoms. The topological polar surface area (TPSA) is 109 Å². The molecule has 6 aliphatic heterocycles. The molecule has 3 aromatic heterocycles. The summed E-state index contributed by atoms with van der Waals surface area (Å²) in [7, 11) is 0. The number of carbonyl (C=O) groups excluding carboxylic acids is 3. The molecule has 3 fully saturated rings. The summed E-state index contributed by atoms with van der Waals surface area (Å²) in [6, 6.07) is 39.6. The summed E-state index contributed by atoms with van der Waals surface area (Å²) < 4.78 is 55.6. The normalized spacial score (nSPS) is 17.3. The van der Waals surface area contributed by atoms with Crippen molar-refractivity contribution >= 4 is 157 Å². The standard InChI is InChI=1S/C27H22Cl4FN3O.C27H23Cl3FN3O.C27H23Cl2F2N3O/c28-19-4-6-23-20(15-19)27(16-35(23)26(36)18-13-24(30)33-25(31)14-18)7-10-34(11-8-27)9-1-2-17-3-5-21(29)22(32)12-17;28-20-3-4-24-23(16-20)27(17-34(24)26(35)19-5-8-32-25(30)14-19)6-10-33(11-7-27)9-1-2-18-12-21(29)15-22(31)13-18;28-22-4-1-5-23(31)20(22)3-2-12-33-13-9-27(10-14-33)17-34(24-7-6-19(30)16-21(24)27)26(35)18-8-11-32-25(29)15-18/h1-6,12-15H,7-11,16H2;1-5,8,12-16H,6-7,9-11,17H2;1-8,11,15-16H,9-10,12-14,17H2/b2*2-1+;3-2+. The van der Waals surface area contributed by atoms with Crippen molar-refractivity contribution in [3.05, 3.63) is 295 Å². The summed E-state index contributed by atoms with van der Waals surface area (Å²) in [5.74, 6) is -1.86. The highest BCUT2D eigenvalue weighted by Crippen LogP contribution is 2.52. The molecule has 9 heterocycles. The van der Waals surface area contributed by atoms with E-state index in [9.17, 15) is 31.9 Å². The third-order valence-corrected chi connectivity index (χ3v) is 22.9. The highest BCUT2D eigenvalue weighted by molar-refractivity contribution is 6.34. The van der Waals surface area contributed by atoms with Crippen LogP contribution in [0.5, 0.6) is 0 Å². The summed E-state index contributed by atoms with van der Waals surface area (Å²) in [6.45, 7) is 8.83. The first-order valence-corrected chi connectivity index (χ1v) is 37.8. The number of pyridine rings is 3. The van der Waals surface area contributed by atoms with E-state index in [4.69, 9.17) is 104 Å². The summed E-state index contributed by atoms with van der Waals surface area (Å²) >= 11 is 54.7. The molecular formula is C81H68Cl9F4N9O3. The number of rotatable bonds is 12. The van der Waals surface area contributed by atoms with Crippen LogP contribution in [0.25, 0.3) is 18.2 Å². The lowest BCUT2D eigenvalue weighted by molar-refractivity contribution is 0.0970.